The zero-order valence-electron chi connectivity index (χ0n) is 14.5. The van der Waals surface area contributed by atoms with E-state index in [2.05, 4.69) is 5.32 Å². The van der Waals surface area contributed by atoms with Crippen molar-refractivity contribution in [2.45, 2.75) is 6.54 Å². The lowest BCUT2D eigenvalue weighted by atomic mass is 10.2. The molecule has 7 heteroatoms. The van der Waals surface area contributed by atoms with Gasteiger partial charge in [0, 0.05) is 12.6 Å². The highest BCUT2D eigenvalue weighted by atomic mass is 16.6. The smallest absolute Gasteiger partial charge is 0.336 e. The number of ether oxygens (including phenoxy) is 3. The predicted octanol–water partition coefficient (Wildman–Crippen LogP) is 2.49. The molecule has 136 valence electrons. The highest BCUT2D eigenvalue weighted by Crippen LogP contribution is 2.28. The van der Waals surface area contributed by atoms with Gasteiger partial charge in [-0.3, -0.25) is 0 Å². The Kier molecular flexibility index (Phi) is 6.61. The Labute approximate surface area is 151 Å². The van der Waals surface area contributed by atoms with Gasteiger partial charge >= 0.3 is 12.0 Å². The molecule has 0 radical (unpaired) electrons. The quantitative estimate of drug-likeness (QED) is 0.451. The molecule has 2 aromatic rings. The molecule has 0 aliphatic carbocycles. The van der Waals surface area contributed by atoms with Crippen LogP contribution in [-0.2, 0) is 11.3 Å². The van der Waals surface area contributed by atoms with Gasteiger partial charge < -0.3 is 25.3 Å². The fourth-order valence-electron chi connectivity index (χ4n) is 2.12. The molecule has 7 nitrogen and oxygen atoms in total. The van der Waals surface area contributed by atoms with Crippen molar-refractivity contribution in [3.8, 4) is 17.2 Å². The third-order valence-electron chi connectivity index (χ3n) is 3.43. The molecule has 3 N–H and O–H groups in total. The van der Waals surface area contributed by atoms with Gasteiger partial charge in [-0.25, -0.2) is 9.59 Å². The van der Waals surface area contributed by atoms with Gasteiger partial charge in [-0.05, 0) is 41.5 Å². The summed E-state index contributed by atoms with van der Waals surface area (Å²) in [5, 5.41) is 2.48. The Hall–Kier alpha value is -3.48. The molecule has 26 heavy (non-hydrogen) atoms. The first-order chi connectivity index (χ1) is 12.5. The maximum absolute atomic E-state index is 12.0. The van der Waals surface area contributed by atoms with Crippen molar-refractivity contribution in [1.29, 1.82) is 0 Å². The number of esters is 1. The first kappa shape index (κ1) is 18.9. The Morgan fingerprint density at radius 3 is 2.38 bits per heavy atom. The van der Waals surface area contributed by atoms with Crippen LogP contribution >= 0.6 is 0 Å². The van der Waals surface area contributed by atoms with Crippen molar-refractivity contribution < 1.29 is 23.8 Å². The molecular weight excluding hydrogens is 336 g/mol. The van der Waals surface area contributed by atoms with E-state index in [1.54, 1.807) is 43.5 Å². The Morgan fingerprint density at radius 1 is 1.04 bits per heavy atom. The van der Waals surface area contributed by atoms with Crippen LogP contribution < -0.4 is 25.3 Å². The number of hydrogen-bond donors (Lipinski definition) is 2. The molecule has 0 aromatic heterocycles. The van der Waals surface area contributed by atoms with Crippen molar-refractivity contribution in [1.82, 2.24) is 5.32 Å². The fraction of sp³-hybridized carbons (Fsp3) is 0.158. The van der Waals surface area contributed by atoms with Gasteiger partial charge in [0.15, 0.2) is 11.5 Å². The second-order valence-electron chi connectivity index (χ2n) is 5.23. The molecule has 0 spiro atoms. The van der Waals surface area contributed by atoms with Gasteiger partial charge in [0.2, 0.25) is 0 Å². The second-order valence-corrected chi connectivity index (χ2v) is 5.23. The average molecular weight is 356 g/mol. The van der Waals surface area contributed by atoms with E-state index in [-0.39, 0.29) is 12.3 Å². The summed E-state index contributed by atoms with van der Waals surface area (Å²) >= 11 is 0. The lowest BCUT2D eigenvalue weighted by Gasteiger charge is -2.10. The van der Waals surface area contributed by atoms with Crippen LogP contribution in [0.4, 0.5) is 4.79 Å². The van der Waals surface area contributed by atoms with Crippen LogP contribution in [0.15, 0.2) is 48.5 Å². The third kappa shape index (κ3) is 5.55. The minimum Gasteiger partial charge on any atom is -0.497 e. The summed E-state index contributed by atoms with van der Waals surface area (Å²) < 4.78 is 15.6. The third-order valence-corrected chi connectivity index (χ3v) is 3.43. The van der Waals surface area contributed by atoms with E-state index in [1.807, 2.05) is 12.1 Å². The number of carbonyl (C=O) groups excluding carboxylic acids is 2. The SMILES string of the molecule is COc1ccc(/C=C/C(=O)Oc2ccc(CNC(N)=O)cc2OC)cc1. The van der Waals surface area contributed by atoms with Crippen LogP contribution in [0.1, 0.15) is 11.1 Å². The first-order valence-corrected chi connectivity index (χ1v) is 7.76. The fourth-order valence-corrected chi connectivity index (χ4v) is 2.12. The van der Waals surface area contributed by atoms with Gasteiger partial charge in [0.05, 0.1) is 14.2 Å². The zero-order valence-corrected chi connectivity index (χ0v) is 14.5. The monoisotopic (exact) mass is 356 g/mol. The molecule has 0 saturated carbocycles. The highest BCUT2D eigenvalue weighted by molar-refractivity contribution is 5.89. The molecule has 0 heterocycles. The summed E-state index contributed by atoms with van der Waals surface area (Å²) in [6.07, 6.45) is 2.96. The highest BCUT2D eigenvalue weighted by Gasteiger charge is 2.09. The molecule has 0 bridgehead atoms. The summed E-state index contributed by atoms with van der Waals surface area (Å²) in [6, 6.07) is 11.6. The maximum atomic E-state index is 12.0. The van der Waals surface area contributed by atoms with E-state index in [0.29, 0.717) is 5.75 Å². The molecule has 2 rings (SSSR count). The molecule has 2 aromatic carbocycles. The van der Waals surface area contributed by atoms with E-state index < -0.39 is 12.0 Å². The zero-order chi connectivity index (χ0) is 18.9. The first-order valence-electron chi connectivity index (χ1n) is 7.76. The summed E-state index contributed by atoms with van der Waals surface area (Å²) in [6.45, 7) is 0.247. The lowest BCUT2D eigenvalue weighted by Crippen LogP contribution is -2.28. The predicted molar refractivity (Wildman–Crippen MR) is 97.1 cm³/mol. The summed E-state index contributed by atoms with van der Waals surface area (Å²) in [5.74, 6) is 0.849. The number of methoxy groups -OCH3 is 2. The molecular formula is C19H20N2O5. The molecule has 0 unspecified atom stereocenters. The van der Waals surface area contributed by atoms with E-state index in [9.17, 15) is 9.59 Å². The van der Waals surface area contributed by atoms with Gasteiger partial charge in [0.25, 0.3) is 0 Å². The van der Waals surface area contributed by atoms with Crippen molar-refractivity contribution >= 4 is 18.1 Å². The van der Waals surface area contributed by atoms with Gasteiger partial charge in [-0.2, -0.15) is 0 Å². The summed E-state index contributed by atoms with van der Waals surface area (Å²) in [7, 11) is 3.05. The normalized spacial score (nSPS) is 10.4. The van der Waals surface area contributed by atoms with Crippen molar-refractivity contribution in [3.05, 3.63) is 59.7 Å². The van der Waals surface area contributed by atoms with Gasteiger partial charge in [-0.1, -0.05) is 18.2 Å². The van der Waals surface area contributed by atoms with Crippen molar-refractivity contribution in [2.24, 2.45) is 5.73 Å². The summed E-state index contributed by atoms with van der Waals surface area (Å²) in [4.78, 5) is 22.8. The van der Waals surface area contributed by atoms with Crippen LogP contribution in [0.5, 0.6) is 17.2 Å². The Balaban J connectivity index is 2.02. The van der Waals surface area contributed by atoms with E-state index in [4.69, 9.17) is 19.9 Å². The van der Waals surface area contributed by atoms with E-state index in [0.717, 1.165) is 16.9 Å². The number of carbonyl (C=O) groups is 2. The topological polar surface area (TPSA) is 99.9 Å². The minimum absolute atomic E-state index is 0.247. The largest absolute Gasteiger partial charge is 0.497 e. The molecule has 0 aliphatic heterocycles. The van der Waals surface area contributed by atoms with Crippen LogP contribution in [0, 0.1) is 0 Å². The van der Waals surface area contributed by atoms with Crippen molar-refractivity contribution in [2.75, 3.05) is 14.2 Å². The van der Waals surface area contributed by atoms with E-state index in [1.165, 1.54) is 13.2 Å². The number of hydrogen-bond acceptors (Lipinski definition) is 5. The van der Waals surface area contributed by atoms with E-state index >= 15 is 0 Å². The van der Waals surface area contributed by atoms with Gasteiger partial charge in [-0.15, -0.1) is 0 Å². The van der Waals surface area contributed by atoms with Crippen LogP contribution in [0.25, 0.3) is 6.08 Å². The maximum Gasteiger partial charge on any atom is 0.336 e. The van der Waals surface area contributed by atoms with Crippen LogP contribution in [0.2, 0.25) is 0 Å². The Morgan fingerprint density at radius 2 is 1.77 bits per heavy atom. The Bertz CT molecular complexity index is 800. The minimum atomic E-state index is -0.622. The molecule has 0 aliphatic rings. The van der Waals surface area contributed by atoms with Crippen LogP contribution in [0.3, 0.4) is 0 Å². The summed E-state index contributed by atoms with van der Waals surface area (Å²) in [5.41, 5.74) is 6.63. The number of benzene rings is 2. The molecule has 0 fully saturated rings. The molecule has 0 atom stereocenters. The second kappa shape index (κ2) is 9.12. The number of nitrogens with two attached hydrogens (primary N) is 1. The lowest BCUT2D eigenvalue weighted by molar-refractivity contribution is -0.129. The van der Waals surface area contributed by atoms with Crippen LogP contribution in [-0.4, -0.2) is 26.2 Å². The number of amides is 2. The standard InChI is InChI=1S/C19H20N2O5/c1-24-15-7-3-13(4-8-15)6-10-18(22)26-16-9-5-14(11-17(16)25-2)12-21-19(20)23/h3-11H,12H2,1-2H3,(H3,20,21,23)/b10-6+. The number of nitrogens with one attached hydrogen (secondary N) is 1. The van der Waals surface area contributed by atoms with Gasteiger partial charge in [0.1, 0.15) is 5.75 Å². The average Bonchev–Trinajstić information content (AvgIpc) is 2.65. The number of primary amides is 1. The number of rotatable bonds is 7. The molecule has 0 saturated heterocycles. The van der Waals surface area contributed by atoms with Crippen molar-refractivity contribution in [3.63, 3.8) is 0 Å². The number of urea groups is 1. The molecule has 2 amide bonds.